The van der Waals surface area contributed by atoms with Gasteiger partial charge in [-0.05, 0) is 122 Å². The number of rotatable bonds is 15. The lowest BCUT2D eigenvalue weighted by Gasteiger charge is -2.39. The fraction of sp³-hybridized carbons (Fsp3) is 0.373. The van der Waals surface area contributed by atoms with Gasteiger partial charge in [0.25, 0.3) is 0 Å². The molecule has 0 saturated carbocycles. The van der Waals surface area contributed by atoms with Crippen molar-refractivity contribution in [2.24, 2.45) is 5.73 Å². The molecule has 2 bridgehead atoms. The molecule has 29 heteroatoms. The molecule has 0 unspecified atom stereocenters. The molecule has 14 N–H and O–H groups in total. The van der Waals surface area contributed by atoms with Crippen molar-refractivity contribution in [2.75, 3.05) is 31.1 Å². The van der Waals surface area contributed by atoms with E-state index >= 15 is 28.4 Å². The van der Waals surface area contributed by atoms with Crippen LogP contribution in [0, 0.1) is 11.6 Å². The van der Waals surface area contributed by atoms with E-state index in [-0.39, 0.29) is 61.8 Å². The minimum Gasteiger partial charge on any atom is -0.481 e. The van der Waals surface area contributed by atoms with Crippen molar-refractivity contribution in [2.45, 2.75) is 143 Å². The van der Waals surface area contributed by atoms with Crippen molar-refractivity contribution in [1.82, 2.24) is 67.4 Å². The van der Waals surface area contributed by atoms with Crippen molar-refractivity contribution in [1.29, 1.82) is 0 Å². The Kier molecular flexibility index (Phi) is 26.5. The van der Waals surface area contributed by atoms with E-state index in [1.165, 1.54) is 84.9 Å². The summed E-state index contributed by atoms with van der Waals surface area (Å²) in [5, 5.41) is 33.1. The Balaban J connectivity index is 1.01. The van der Waals surface area contributed by atoms with E-state index in [9.17, 15) is 33.5 Å². The molecule has 3 aromatic heterocycles. The molecule has 9 amide bonds. The first-order valence-corrected chi connectivity index (χ1v) is 36.9. The first-order valence-electron chi connectivity index (χ1n) is 34.6. The molecule has 5 heterocycles. The maximum absolute atomic E-state index is 15.9. The minimum absolute atomic E-state index is 0.0534. The highest BCUT2D eigenvalue weighted by Crippen LogP contribution is 2.36. The van der Waals surface area contributed by atoms with Crippen LogP contribution in [-0.4, -0.2) is 168 Å². The Hall–Kier alpha value is -10.4. The molecule has 548 valence electrons. The number of hydrogen-bond acceptors (Lipinski definition) is 14. The Morgan fingerprint density at radius 3 is 1.75 bits per heavy atom. The third-order valence-electron chi connectivity index (χ3n) is 18.7. The highest BCUT2D eigenvalue weighted by atomic mass is 32.2. The van der Waals surface area contributed by atoms with Crippen LogP contribution in [0.3, 0.4) is 0 Å². The predicted octanol–water partition coefficient (Wildman–Crippen LogP) is 5.60. The molecule has 0 spiro atoms. The van der Waals surface area contributed by atoms with Crippen LogP contribution in [0.15, 0.2) is 146 Å². The predicted molar refractivity (Wildman–Crippen MR) is 391 cm³/mol. The number of H-pyrrole nitrogens is 3. The average molecular weight is 1460 g/mol. The van der Waals surface area contributed by atoms with Gasteiger partial charge < -0.3 is 73.2 Å². The van der Waals surface area contributed by atoms with Gasteiger partial charge in [-0.3, -0.25) is 47.9 Å². The largest absolute Gasteiger partial charge is 0.481 e. The number of unbranched alkanes of at least 4 members (excludes halogenated alkanes) is 1. The zero-order valence-electron chi connectivity index (χ0n) is 57.6. The van der Waals surface area contributed by atoms with Crippen molar-refractivity contribution < 1.29 is 61.8 Å². The second kappa shape index (κ2) is 36.2. The Labute approximate surface area is 607 Å². The molecular formula is C75H86F2N14O11S2. The molecule has 2 aliphatic heterocycles. The summed E-state index contributed by atoms with van der Waals surface area (Å²) in [4.78, 5) is 161. The summed E-state index contributed by atoms with van der Waals surface area (Å²) in [6.07, 6.45) is 5.39. The summed E-state index contributed by atoms with van der Waals surface area (Å²) in [5.74, 6) is -9.05. The van der Waals surface area contributed by atoms with E-state index in [0.29, 0.717) is 81.9 Å². The van der Waals surface area contributed by atoms with Gasteiger partial charge in [0.15, 0.2) is 0 Å². The first kappa shape index (κ1) is 76.3. The number of carboxylic acid groups (broad SMARTS) is 1. The molecule has 8 aromatic rings. The topological polar surface area (TPSA) is 377 Å². The molecule has 8 atom stereocenters. The van der Waals surface area contributed by atoms with Crippen molar-refractivity contribution >= 4 is 104 Å². The third kappa shape index (κ3) is 20.1. The second-order valence-corrected chi connectivity index (χ2v) is 28.5. The van der Waals surface area contributed by atoms with Crippen LogP contribution in [0.4, 0.5) is 8.78 Å². The number of imidazole rings is 1. The fourth-order valence-electron chi connectivity index (χ4n) is 13.2. The number of aromatic amines is 3. The Morgan fingerprint density at radius 2 is 1.17 bits per heavy atom. The van der Waals surface area contributed by atoms with Gasteiger partial charge in [0.05, 0.1) is 18.4 Å². The van der Waals surface area contributed by atoms with Gasteiger partial charge in [-0.25, -0.2) is 13.8 Å². The van der Waals surface area contributed by atoms with E-state index in [1.54, 1.807) is 79.3 Å². The molecule has 0 radical (unpaired) electrons. The van der Waals surface area contributed by atoms with Crippen LogP contribution in [-0.2, 0) is 78.7 Å². The second-order valence-electron chi connectivity index (χ2n) is 26.2. The molecule has 25 nitrogen and oxygen atoms in total. The first-order chi connectivity index (χ1) is 50.1. The zero-order chi connectivity index (χ0) is 73.9. The van der Waals surface area contributed by atoms with Crippen molar-refractivity contribution in [3.8, 4) is 0 Å². The lowest BCUT2D eigenvalue weighted by atomic mass is 9.83. The third-order valence-corrected chi connectivity index (χ3v) is 20.7. The fourth-order valence-corrected chi connectivity index (χ4v) is 14.9. The van der Waals surface area contributed by atoms with Crippen LogP contribution >= 0.6 is 23.5 Å². The van der Waals surface area contributed by atoms with Crippen LogP contribution in [0.2, 0.25) is 0 Å². The molecule has 2 aliphatic rings. The van der Waals surface area contributed by atoms with Gasteiger partial charge in [-0.1, -0.05) is 84.9 Å². The molecule has 5 aromatic carbocycles. The number of nitrogens with one attached hydrogen (secondary N) is 11. The number of nitrogens with zero attached hydrogens (tertiary/aromatic N) is 2. The highest BCUT2D eigenvalue weighted by molar-refractivity contribution is 7.98. The number of nitrogens with two attached hydrogens (primary N) is 1. The molecule has 104 heavy (non-hydrogen) atoms. The molecule has 0 aliphatic carbocycles. The maximum Gasteiger partial charge on any atom is 0.305 e. The molecule has 1 fully saturated rings. The van der Waals surface area contributed by atoms with E-state index in [1.807, 2.05) is 18.2 Å². The van der Waals surface area contributed by atoms with Crippen molar-refractivity contribution in [3.05, 3.63) is 197 Å². The number of hydrogen-bond donors (Lipinski definition) is 13. The van der Waals surface area contributed by atoms with E-state index in [2.05, 4.69) is 68.5 Å². The number of carbonyl (C=O) groups is 10. The average Bonchev–Trinajstić information content (AvgIpc) is 1.40. The summed E-state index contributed by atoms with van der Waals surface area (Å²) in [5.41, 5.74) is 9.42. The lowest BCUT2D eigenvalue weighted by Crippen LogP contribution is -2.63. The number of carbonyl (C=O) groups excluding carboxylic acids is 9. The number of thioether (sulfide) groups is 2. The van der Waals surface area contributed by atoms with Gasteiger partial charge in [0.1, 0.15) is 59.5 Å². The molecule has 10 rings (SSSR count). The molecular weight excluding hydrogens is 1380 g/mol. The van der Waals surface area contributed by atoms with Crippen LogP contribution in [0.5, 0.6) is 0 Å². The van der Waals surface area contributed by atoms with E-state index < -0.39 is 137 Å². The summed E-state index contributed by atoms with van der Waals surface area (Å²) in [7, 11) is 0. The number of aliphatic carboxylic acids is 1. The number of fused-ring (bicyclic) bond motifs is 5. The zero-order valence-corrected chi connectivity index (χ0v) is 59.2. The number of amides is 9. The van der Waals surface area contributed by atoms with Gasteiger partial charge in [0, 0.05) is 108 Å². The van der Waals surface area contributed by atoms with E-state index in [4.69, 9.17) is 5.73 Å². The van der Waals surface area contributed by atoms with Gasteiger partial charge >= 0.3 is 5.97 Å². The number of halogens is 2. The van der Waals surface area contributed by atoms with Crippen molar-refractivity contribution in [3.63, 3.8) is 0 Å². The summed E-state index contributed by atoms with van der Waals surface area (Å²) in [6, 6.07) is 22.6. The lowest BCUT2D eigenvalue weighted by molar-refractivity contribution is -0.147. The van der Waals surface area contributed by atoms with Crippen LogP contribution in [0.1, 0.15) is 104 Å². The van der Waals surface area contributed by atoms with Gasteiger partial charge in [-0.2, -0.15) is 23.5 Å². The standard InChI is InChI=1S/C75H86F2N14O11S2/c1-44-67(95)86-59(32-49-38-81-56-22-20-51(76)34-54(49)56)69(97)87-60(33-50-39-82-57-23-21-52(77)35-55(50)57)70(98)89-62(37-64(93)94)71(99)88-61(36-53-40-79-43-83-53)72(100)90-66(65(47-15-5-3-6-16-47)48-17-7-4-8-18-48)73(101)91-28-12-25-75(91,2)74(102)80-27-30-104-42-46-14-11-13-45(31-46)41-103-29-24-63(92)85-58(68(96)84-44)19-9-10-26-78/h3-8,11,13-18,20-23,31,34-35,38-40,43-44,58-62,65-66,81-82H,9-10,12,19,24-30,32-33,36-37,41-42,78H2,1-2H3,(H,79,83)(H,80,102)(H,84,96)(H,85,92)(H,86,95)(H,87,97)(H,88,99)(H,89,98)(H,90,100)(H,93,94)/t44-,58+,59+,60+,61+,62+,66+,75+/m1/s1. The quantitative estimate of drug-likeness (QED) is 0.0556. The maximum atomic E-state index is 15.9. The Morgan fingerprint density at radius 1 is 0.625 bits per heavy atom. The summed E-state index contributed by atoms with van der Waals surface area (Å²) < 4.78 is 30.0. The highest BCUT2D eigenvalue weighted by Gasteiger charge is 2.49. The molecule has 1 saturated heterocycles. The Bertz CT molecular complexity index is 4320. The summed E-state index contributed by atoms with van der Waals surface area (Å²) >= 11 is 3.13. The van der Waals surface area contributed by atoms with Gasteiger partial charge in [0.2, 0.25) is 53.2 Å². The number of aromatic nitrogens is 4. The summed E-state index contributed by atoms with van der Waals surface area (Å²) in [6.45, 7) is 3.76. The smallest absolute Gasteiger partial charge is 0.305 e. The van der Waals surface area contributed by atoms with Crippen LogP contribution in [0.25, 0.3) is 21.8 Å². The normalized spacial score (nSPS) is 22.5. The van der Waals surface area contributed by atoms with E-state index in [0.717, 1.165) is 11.1 Å². The minimum atomic E-state index is -2.02. The van der Waals surface area contributed by atoms with Crippen LogP contribution < -0.4 is 48.3 Å². The van der Waals surface area contributed by atoms with Gasteiger partial charge in [-0.15, -0.1) is 0 Å². The number of benzene rings is 5. The number of carboxylic acids is 1. The monoisotopic (exact) mass is 1460 g/mol. The SMILES string of the molecule is C[C@H]1NC(=O)[C@H](CCCCN)NC(=O)CCSCc2cccc(c2)CSCCNC(=O)[C@]2(C)CCCN2C(=O)[C@H](C(c2ccccc2)c2ccccc2)NC(=O)[C@H](Cc2c[nH]cn2)NC(=O)[C@H](CC(=O)O)NC(=O)[C@H](Cc2c[nH]c3ccc(F)cc23)NC(=O)[C@H](Cc2c[nH]c3ccc(F)cc23)NC1=O.